The molecule has 1 aromatic rings. The molecule has 0 spiro atoms. The number of aliphatic hydroxyl groups excluding tert-OH is 1. The number of methoxy groups -OCH3 is 1. The number of amides is 1. The van der Waals surface area contributed by atoms with Crippen LogP contribution in [0.4, 0.5) is 5.69 Å². The quantitative estimate of drug-likeness (QED) is 0.867. The van der Waals surface area contributed by atoms with Crippen LogP contribution >= 0.6 is 11.6 Å². The first-order valence-corrected chi connectivity index (χ1v) is 6.96. The molecule has 5 nitrogen and oxygen atoms in total. The number of likely N-dealkylation sites (tertiary alicyclic amines) is 1. The van der Waals surface area contributed by atoms with Crippen LogP contribution in [-0.4, -0.2) is 49.3 Å². The van der Waals surface area contributed by atoms with Crippen molar-refractivity contribution in [2.75, 3.05) is 38.7 Å². The van der Waals surface area contributed by atoms with Gasteiger partial charge in [0, 0.05) is 18.8 Å². The molecule has 1 heterocycles. The van der Waals surface area contributed by atoms with Gasteiger partial charge in [-0.3, -0.25) is 9.69 Å². The maximum atomic E-state index is 11.9. The molecule has 0 saturated carbocycles. The predicted molar refractivity (Wildman–Crippen MR) is 78.3 cm³/mol. The third-order valence-electron chi connectivity index (χ3n) is 3.43. The molecule has 1 aliphatic heterocycles. The highest BCUT2D eigenvalue weighted by atomic mass is 35.5. The van der Waals surface area contributed by atoms with E-state index in [1.807, 2.05) is 4.90 Å². The fourth-order valence-electron chi connectivity index (χ4n) is 2.35. The Kier molecular flexibility index (Phi) is 5.23. The molecular formula is C14H19ClN2O3. The summed E-state index contributed by atoms with van der Waals surface area (Å²) < 4.78 is 5.06. The number of halogens is 1. The molecule has 20 heavy (non-hydrogen) atoms. The standard InChI is InChI=1S/C14H19ClN2O3/c1-20-13-3-2-11(6-12(13)15)16-14(19)8-17-5-4-10(7-17)9-18/h2-3,6,10,18H,4-5,7-9H2,1H3,(H,16,19). The lowest BCUT2D eigenvalue weighted by atomic mass is 10.1. The van der Waals surface area contributed by atoms with Crippen LogP contribution in [0.2, 0.25) is 5.02 Å². The van der Waals surface area contributed by atoms with Crippen LogP contribution in [0.25, 0.3) is 0 Å². The van der Waals surface area contributed by atoms with Crippen LogP contribution in [0, 0.1) is 5.92 Å². The van der Waals surface area contributed by atoms with E-state index in [4.69, 9.17) is 21.4 Å². The van der Waals surface area contributed by atoms with E-state index in [9.17, 15) is 4.79 Å². The number of rotatable bonds is 5. The second-order valence-corrected chi connectivity index (χ2v) is 5.38. The molecule has 1 unspecified atom stereocenters. The number of nitrogens with one attached hydrogen (secondary N) is 1. The first kappa shape index (κ1) is 15.1. The van der Waals surface area contributed by atoms with Gasteiger partial charge in [0.2, 0.25) is 5.91 Å². The zero-order valence-corrected chi connectivity index (χ0v) is 12.2. The van der Waals surface area contributed by atoms with Crippen molar-refractivity contribution in [3.05, 3.63) is 23.2 Å². The summed E-state index contributed by atoms with van der Waals surface area (Å²) in [5.74, 6) is 0.790. The number of aliphatic hydroxyl groups is 1. The summed E-state index contributed by atoms with van der Waals surface area (Å²) >= 11 is 6.01. The molecule has 1 atom stereocenters. The van der Waals surface area contributed by atoms with Gasteiger partial charge in [-0.25, -0.2) is 0 Å². The van der Waals surface area contributed by atoms with Crippen molar-refractivity contribution in [1.82, 2.24) is 4.90 Å². The lowest BCUT2D eigenvalue weighted by Crippen LogP contribution is -2.31. The maximum absolute atomic E-state index is 11.9. The maximum Gasteiger partial charge on any atom is 0.238 e. The topological polar surface area (TPSA) is 61.8 Å². The lowest BCUT2D eigenvalue weighted by Gasteiger charge is -2.15. The zero-order valence-electron chi connectivity index (χ0n) is 11.4. The summed E-state index contributed by atoms with van der Waals surface area (Å²) in [4.78, 5) is 14.0. The number of benzene rings is 1. The summed E-state index contributed by atoms with van der Waals surface area (Å²) in [6.45, 7) is 2.14. The molecule has 6 heteroatoms. The minimum Gasteiger partial charge on any atom is -0.495 e. The number of hydrogen-bond donors (Lipinski definition) is 2. The van der Waals surface area contributed by atoms with Crippen LogP contribution in [-0.2, 0) is 4.79 Å². The Balaban J connectivity index is 1.87. The molecule has 2 rings (SSSR count). The SMILES string of the molecule is COc1ccc(NC(=O)CN2CCC(CO)C2)cc1Cl. The van der Waals surface area contributed by atoms with E-state index < -0.39 is 0 Å². The van der Waals surface area contributed by atoms with Gasteiger partial charge in [0.25, 0.3) is 0 Å². The van der Waals surface area contributed by atoms with E-state index in [0.717, 1.165) is 19.5 Å². The van der Waals surface area contributed by atoms with Crippen LogP contribution in [0.1, 0.15) is 6.42 Å². The van der Waals surface area contributed by atoms with Crippen LogP contribution < -0.4 is 10.1 Å². The molecule has 0 bridgehead atoms. The van der Waals surface area contributed by atoms with Gasteiger partial charge in [0.05, 0.1) is 18.7 Å². The zero-order chi connectivity index (χ0) is 14.5. The summed E-state index contributed by atoms with van der Waals surface area (Å²) in [5.41, 5.74) is 0.652. The van der Waals surface area contributed by atoms with Gasteiger partial charge in [0.1, 0.15) is 5.75 Å². The molecule has 1 aromatic carbocycles. The van der Waals surface area contributed by atoms with E-state index >= 15 is 0 Å². The monoisotopic (exact) mass is 298 g/mol. The number of nitrogens with zero attached hydrogens (tertiary/aromatic N) is 1. The molecular weight excluding hydrogens is 280 g/mol. The summed E-state index contributed by atoms with van der Waals surface area (Å²) in [6, 6.07) is 5.14. The van der Waals surface area contributed by atoms with Gasteiger partial charge in [-0.1, -0.05) is 11.6 Å². The third-order valence-corrected chi connectivity index (χ3v) is 3.73. The Morgan fingerprint density at radius 2 is 2.40 bits per heavy atom. The third kappa shape index (κ3) is 3.85. The van der Waals surface area contributed by atoms with Crippen LogP contribution in [0.3, 0.4) is 0 Å². The van der Waals surface area contributed by atoms with Crippen LogP contribution in [0.5, 0.6) is 5.75 Å². The number of anilines is 1. The van der Waals surface area contributed by atoms with Crippen molar-refractivity contribution in [2.24, 2.45) is 5.92 Å². The molecule has 1 aliphatic rings. The highest BCUT2D eigenvalue weighted by Gasteiger charge is 2.23. The molecule has 110 valence electrons. The van der Waals surface area contributed by atoms with Gasteiger partial charge in [-0.05, 0) is 37.1 Å². The average molecular weight is 299 g/mol. The van der Waals surface area contributed by atoms with Crippen molar-refractivity contribution in [2.45, 2.75) is 6.42 Å². The van der Waals surface area contributed by atoms with E-state index in [-0.39, 0.29) is 12.5 Å². The van der Waals surface area contributed by atoms with Gasteiger partial charge >= 0.3 is 0 Å². The van der Waals surface area contributed by atoms with Gasteiger partial charge in [-0.2, -0.15) is 0 Å². The number of ether oxygens (including phenoxy) is 1. The van der Waals surface area contributed by atoms with Crippen molar-refractivity contribution in [1.29, 1.82) is 0 Å². The largest absolute Gasteiger partial charge is 0.495 e. The molecule has 0 aliphatic carbocycles. The number of carbonyl (C=O) groups excluding carboxylic acids is 1. The molecule has 1 saturated heterocycles. The fourth-order valence-corrected chi connectivity index (χ4v) is 2.61. The molecule has 1 fully saturated rings. The second-order valence-electron chi connectivity index (χ2n) is 4.97. The Morgan fingerprint density at radius 1 is 1.60 bits per heavy atom. The summed E-state index contributed by atoms with van der Waals surface area (Å²) in [6.07, 6.45) is 0.943. The Bertz CT molecular complexity index is 481. The van der Waals surface area contributed by atoms with Crippen molar-refractivity contribution >= 4 is 23.2 Å². The predicted octanol–water partition coefficient (Wildman–Crippen LogP) is 1.60. The highest BCUT2D eigenvalue weighted by molar-refractivity contribution is 6.32. The first-order chi connectivity index (χ1) is 9.62. The minimum atomic E-state index is -0.0789. The molecule has 0 aromatic heterocycles. The first-order valence-electron chi connectivity index (χ1n) is 6.59. The van der Waals surface area contributed by atoms with Gasteiger partial charge < -0.3 is 15.2 Å². The minimum absolute atomic E-state index is 0.0789. The summed E-state index contributed by atoms with van der Waals surface area (Å²) in [5, 5.41) is 12.4. The smallest absolute Gasteiger partial charge is 0.238 e. The van der Waals surface area contributed by atoms with Crippen molar-refractivity contribution < 1.29 is 14.6 Å². The van der Waals surface area contributed by atoms with E-state index in [1.54, 1.807) is 25.3 Å². The van der Waals surface area contributed by atoms with E-state index in [1.165, 1.54) is 0 Å². The number of carbonyl (C=O) groups is 1. The van der Waals surface area contributed by atoms with Crippen LogP contribution in [0.15, 0.2) is 18.2 Å². The van der Waals surface area contributed by atoms with E-state index in [2.05, 4.69) is 5.32 Å². The molecule has 2 N–H and O–H groups in total. The fraction of sp³-hybridized carbons (Fsp3) is 0.500. The normalized spacial score (nSPS) is 19.1. The Hall–Kier alpha value is -1.30. The van der Waals surface area contributed by atoms with Gasteiger partial charge in [0.15, 0.2) is 0 Å². The average Bonchev–Trinajstić information content (AvgIpc) is 2.86. The Labute approximate surface area is 123 Å². The molecule has 0 radical (unpaired) electrons. The van der Waals surface area contributed by atoms with E-state index in [0.29, 0.717) is 28.9 Å². The lowest BCUT2D eigenvalue weighted by molar-refractivity contribution is -0.117. The van der Waals surface area contributed by atoms with Gasteiger partial charge in [-0.15, -0.1) is 0 Å². The second kappa shape index (κ2) is 6.92. The summed E-state index contributed by atoms with van der Waals surface area (Å²) in [7, 11) is 1.55. The highest BCUT2D eigenvalue weighted by Crippen LogP contribution is 2.27. The Morgan fingerprint density at radius 3 is 3.00 bits per heavy atom. The number of hydrogen-bond acceptors (Lipinski definition) is 4. The van der Waals surface area contributed by atoms with Crippen molar-refractivity contribution in [3.8, 4) is 5.75 Å². The molecule has 1 amide bonds. The van der Waals surface area contributed by atoms with Crippen molar-refractivity contribution in [3.63, 3.8) is 0 Å².